The molecule has 0 saturated heterocycles. The summed E-state index contributed by atoms with van der Waals surface area (Å²) < 4.78 is 0. The number of hydrogen-bond acceptors (Lipinski definition) is 3. The van der Waals surface area contributed by atoms with Gasteiger partial charge >= 0.3 is 0 Å². The fourth-order valence-corrected chi connectivity index (χ4v) is 3.94. The minimum Gasteiger partial charge on any atom is -0.388 e. The quantitative estimate of drug-likeness (QED) is 0.854. The Hall–Kier alpha value is -0.510. The van der Waals surface area contributed by atoms with Crippen LogP contribution in [-0.4, -0.2) is 35.9 Å². The summed E-state index contributed by atoms with van der Waals surface area (Å²) in [7, 11) is 4.08. The van der Waals surface area contributed by atoms with Crippen LogP contribution in [0.2, 0.25) is 0 Å². The van der Waals surface area contributed by atoms with Gasteiger partial charge in [-0.15, -0.1) is 11.8 Å². The first-order valence-electron chi connectivity index (χ1n) is 7.74. The molecule has 0 aliphatic heterocycles. The molecule has 1 aliphatic rings. The minimum absolute atomic E-state index is 0.342. The summed E-state index contributed by atoms with van der Waals surface area (Å²) in [5.41, 5.74) is 1.04. The summed E-state index contributed by atoms with van der Waals surface area (Å²) in [5, 5.41) is 10.9. The highest BCUT2D eigenvalue weighted by Crippen LogP contribution is 2.34. The Balaban J connectivity index is 1.85. The third-order valence-electron chi connectivity index (χ3n) is 3.97. The molecule has 0 heterocycles. The molecule has 1 aliphatic carbocycles. The highest BCUT2D eigenvalue weighted by atomic mass is 32.2. The summed E-state index contributed by atoms with van der Waals surface area (Å²) in [4.78, 5) is 3.46. The number of rotatable bonds is 6. The molecule has 20 heavy (non-hydrogen) atoms. The summed E-state index contributed by atoms with van der Waals surface area (Å²) in [6.45, 7) is 0.916. The maximum absolute atomic E-state index is 10.1. The lowest BCUT2D eigenvalue weighted by Crippen LogP contribution is -2.15. The van der Waals surface area contributed by atoms with E-state index in [1.807, 2.05) is 25.9 Å². The third-order valence-corrected chi connectivity index (χ3v) is 5.32. The number of benzene rings is 1. The molecule has 1 fully saturated rings. The van der Waals surface area contributed by atoms with Crippen LogP contribution in [0.3, 0.4) is 0 Å². The van der Waals surface area contributed by atoms with Crippen LogP contribution in [-0.2, 0) is 0 Å². The number of thioether (sulfide) groups is 1. The van der Waals surface area contributed by atoms with Crippen molar-refractivity contribution in [3.63, 3.8) is 0 Å². The molecule has 2 rings (SSSR count). The molecule has 2 nitrogen and oxygen atoms in total. The number of aliphatic hydroxyl groups excluding tert-OH is 1. The highest BCUT2D eigenvalue weighted by Gasteiger charge is 2.15. The molecule has 1 unspecified atom stereocenters. The van der Waals surface area contributed by atoms with Gasteiger partial charge in [0.05, 0.1) is 6.10 Å². The van der Waals surface area contributed by atoms with E-state index in [0.29, 0.717) is 0 Å². The van der Waals surface area contributed by atoms with E-state index >= 15 is 0 Å². The van der Waals surface area contributed by atoms with Gasteiger partial charge in [0.2, 0.25) is 0 Å². The van der Waals surface area contributed by atoms with Crippen molar-refractivity contribution < 1.29 is 5.11 Å². The SMILES string of the molecule is CN(C)CCC(O)c1ccc(SC2CCCCC2)cc1. The Morgan fingerprint density at radius 2 is 1.80 bits per heavy atom. The molecule has 0 spiro atoms. The maximum atomic E-state index is 10.1. The van der Waals surface area contributed by atoms with Gasteiger partial charge in [-0.25, -0.2) is 0 Å². The molecule has 0 bridgehead atoms. The van der Waals surface area contributed by atoms with Gasteiger partial charge < -0.3 is 10.0 Å². The molecule has 0 amide bonds. The molecule has 0 radical (unpaired) electrons. The average molecular weight is 293 g/mol. The predicted molar refractivity (Wildman–Crippen MR) is 87.3 cm³/mol. The molecular formula is C17H27NOS. The number of hydrogen-bond donors (Lipinski definition) is 1. The van der Waals surface area contributed by atoms with E-state index in [0.717, 1.165) is 23.8 Å². The average Bonchev–Trinajstić information content (AvgIpc) is 2.46. The van der Waals surface area contributed by atoms with E-state index in [-0.39, 0.29) is 6.10 Å². The summed E-state index contributed by atoms with van der Waals surface area (Å²) in [6.07, 6.45) is 7.36. The van der Waals surface area contributed by atoms with Crippen LogP contribution >= 0.6 is 11.8 Å². The maximum Gasteiger partial charge on any atom is 0.0802 e. The fraction of sp³-hybridized carbons (Fsp3) is 0.647. The van der Waals surface area contributed by atoms with Gasteiger partial charge in [-0.3, -0.25) is 0 Å². The minimum atomic E-state index is -0.342. The zero-order valence-electron chi connectivity index (χ0n) is 12.7. The molecule has 1 saturated carbocycles. The second-order valence-electron chi connectivity index (χ2n) is 6.05. The standard InChI is InChI=1S/C17H27NOS/c1-18(2)13-12-17(19)14-8-10-16(11-9-14)20-15-6-4-3-5-7-15/h8-11,15,17,19H,3-7,12-13H2,1-2H3. The van der Waals surface area contributed by atoms with Crippen molar-refractivity contribution >= 4 is 11.8 Å². The molecule has 1 aromatic rings. The lowest BCUT2D eigenvalue weighted by molar-refractivity contribution is 0.154. The smallest absolute Gasteiger partial charge is 0.0802 e. The zero-order valence-corrected chi connectivity index (χ0v) is 13.5. The Bertz CT molecular complexity index is 384. The zero-order chi connectivity index (χ0) is 14.4. The van der Waals surface area contributed by atoms with Crippen molar-refractivity contribution in [1.82, 2.24) is 4.90 Å². The van der Waals surface area contributed by atoms with Gasteiger partial charge in [-0.2, -0.15) is 0 Å². The molecule has 3 heteroatoms. The Labute approximate surface area is 127 Å². The van der Waals surface area contributed by atoms with Crippen molar-refractivity contribution in [3.8, 4) is 0 Å². The van der Waals surface area contributed by atoms with E-state index in [4.69, 9.17) is 0 Å². The summed E-state index contributed by atoms with van der Waals surface area (Å²) in [5.74, 6) is 0. The highest BCUT2D eigenvalue weighted by molar-refractivity contribution is 8.00. The van der Waals surface area contributed by atoms with Gasteiger partial charge in [0.25, 0.3) is 0 Å². The fourth-order valence-electron chi connectivity index (χ4n) is 2.69. The lowest BCUT2D eigenvalue weighted by Gasteiger charge is -2.21. The first kappa shape index (κ1) is 15.9. The van der Waals surface area contributed by atoms with Gasteiger partial charge in [-0.05, 0) is 51.1 Å². The Morgan fingerprint density at radius 3 is 2.40 bits per heavy atom. The van der Waals surface area contributed by atoms with Crippen LogP contribution in [0.25, 0.3) is 0 Å². The summed E-state index contributed by atoms with van der Waals surface area (Å²) >= 11 is 2.01. The second-order valence-corrected chi connectivity index (χ2v) is 7.43. The van der Waals surface area contributed by atoms with Crippen molar-refractivity contribution in [3.05, 3.63) is 29.8 Å². The van der Waals surface area contributed by atoms with Crippen LogP contribution in [0.4, 0.5) is 0 Å². The van der Waals surface area contributed by atoms with E-state index in [1.165, 1.54) is 37.0 Å². The molecular weight excluding hydrogens is 266 g/mol. The van der Waals surface area contributed by atoms with Crippen molar-refractivity contribution in [2.24, 2.45) is 0 Å². The normalized spacial score (nSPS) is 18.4. The van der Waals surface area contributed by atoms with Crippen LogP contribution < -0.4 is 0 Å². The first-order chi connectivity index (χ1) is 9.65. The van der Waals surface area contributed by atoms with E-state index in [1.54, 1.807) is 0 Å². The van der Waals surface area contributed by atoms with Gasteiger partial charge in [-0.1, -0.05) is 31.4 Å². The first-order valence-corrected chi connectivity index (χ1v) is 8.62. The van der Waals surface area contributed by atoms with E-state index < -0.39 is 0 Å². The lowest BCUT2D eigenvalue weighted by atomic mass is 10.0. The van der Waals surface area contributed by atoms with Gasteiger partial charge in [0, 0.05) is 16.7 Å². The molecule has 112 valence electrons. The van der Waals surface area contributed by atoms with Crippen LogP contribution in [0.15, 0.2) is 29.2 Å². The van der Waals surface area contributed by atoms with E-state index in [2.05, 4.69) is 29.2 Å². The summed E-state index contributed by atoms with van der Waals surface area (Å²) in [6, 6.07) is 8.53. The second kappa shape index (κ2) is 8.06. The largest absolute Gasteiger partial charge is 0.388 e. The third kappa shape index (κ3) is 5.12. The predicted octanol–water partition coefficient (Wildman–Crippen LogP) is 4.10. The van der Waals surface area contributed by atoms with Crippen LogP contribution in [0, 0.1) is 0 Å². The topological polar surface area (TPSA) is 23.5 Å². The molecule has 0 aromatic heterocycles. The molecule has 1 aromatic carbocycles. The van der Waals surface area contributed by atoms with Crippen LogP contribution in [0.1, 0.15) is 50.2 Å². The van der Waals surface area contributed by atoms with Crippen LogP contribution in [0.5, 0.6) is 0 Å². The molecule has 1 N–H and O–H groups in total. The Morgan fingerprint density at radius 1 is 1.15 bits per heavy atom. The molecule has 1 atom stereocenters. The monoisotopic (exact) mass is 293 g/mol. The van der Waals surface area contributed by atoms with Crippen molar-refractivity contribution in [2.75, 3.05) is 20.6 Å². The van der Waals surface area contributed by atoms with Gasteiger partial charge in [0.15, 0.2) is 0 Å². The van der Waals surface area contributed by atoms with Crippen molar-refractivity contribution in [1.29, 1.82) is 0 Å². The van der Waals surface area contributed by atoms with Crippen molar-refractivity contribution in [2.45, 2.75) is 54.8 Å². The van der Waals surface area contributed by atoms with Gasteiger partial charge in [0.1, 0.15) is 0 Å². The number of nitrogens with zero attached hydrogens (tertiary/aromatic N) is 1. The number of aliphatic hydroxyl groups is 1. The Kier molecular flexibility index (Phi) is 6.40. The van der Waals surface area contributed by atoms with E-state index in [9.17, 15) is 5.11 Å².